The van der Waals surface area contributed by atoms with Gasteiger partial charge in [0, 0.05) is 35.5 Å². The van der Waals surface area contributed by atoms with Crippen LogP contribution in [-0.4, -0.2) is 40.5 Å². The van der Waals surface area contributed by atoms with Crippen molar-refractivity contribution in [2.45, 2.75) is 71.1 Å². The van der Waals surface area contributed by atoms with Crippen LogP contribution in [0.15, 0.2) is 23.8 Å². The number of alkyl halides is 2. The molecule has 0 saturated heterocycles. The number of fused-ring (bicyclic) bond motifs is 5. The number of rotatable bonds is 4. The third-order valence-electron chi connectivity index (χ3n) is 9.04. The highest BCUT2D eigenvalue weighted by Crippen LogP contribution is 2.70. The normalized spacial score (nSPS) is 44.9. The van der Waals surface area contributed by atoms with Crippen molar-refractivity contribution in [3.8, 4) is 0 Å². The van der Waals surface area contributed by atoms with Crippen LogP contribution in [0.5, 0.6) is 0 Å². The molecule has 0 radical (unpaired) electrons. The highest BCUT2D eigenvalue weighted by Gasteiger charge is 2.77. The molecule has 174 valence electrons. The second-order valence-corrected chi connectivity index (χ2v) is 10.6. The zero-order chi connectivity index (χ0) is 23.7. The van der Waals surface area contributed by atoms with Gasteiger partial charge in [0.2, 0.25) is 0 Å². The Hall–Kier alpha value is -1.82. The predicted molar refractivity (Wildman–Crippen MR) is 117 cm³/mol. The average molecular weight is 465 g/mol. The average Bonchev–Trinajstić information content (AvgIpc) is 2.96. The number of allylic oxidation sites excluding steroid dienone is 4. The van der Waals surface area contributed by atoms with Crippen LogP contribution in [-0.2, 0) is 23.9 Å². The van der Waals surface area contributed by atoms with Crippen molar-refractivity contribution in [1.29, 1.82) is 0 Å². The fourth-order valence-electron chi connectivity index (χ4n) is 7.48. The summed E-state index contributed by atoms with van der Waals surface area (Å²) in [5, 5.41) is 0. The summed E-state index contributed by atoms with van der Waals surface area (Å²) in [7, 11) is 0. The number of hydrogen-bond donors (Lipinski definition) is 0. The maximum Gasteiger partial charge on any atom is 0.306 e. The zero-order valence-corrected chi connectivity index (χ0v) is 19.8. The molecule has 4 aliphatic carbocycles. The summed E-state index contributed by atoms with van der Waals surface area (Å²) in [6, 6.07) is 0. The monoisotopic (exact) mass is 464 g/mol. The lowest BCUT2D eigenvalue weighted by molar-refractivity contribution is -0.201. The molecule has 3 saturated carbocycles. The highest BCUT2D eigenvalue weighted by molar-refractivity contribution is 6.29. The van der Waals surface area contributed by atoms with E-state index in [9.17, 15) is 19.2 Å². The number of hydrogen-bond acceptors (Lipinski definition) is 5. The Morgan fingerprint density at radius 1 is 1.25 bits per heavy atom. The molecule has 0 aromatic carbocycles. The number of ketones is 3. The van der Waals surface area contributed by atoms with Gasteiger partial charge in [0.1, 0.15) is 0 Å². The van der Waals surface area contributed by atoms with E-state index in [2.05, 4.69) is 0 Å². The van der Waals surface area contributed by atoms with Crippen molar-refractivity contribution < 1.29 is 28.3 Å². The van der Waals surface area contributed by atoms with Crippen LogP contribution >= 0.6 is 11.6 Å². The van der Waals surface area contributed by atoms with Crippen LogP contribution in [0.4, 0.5) is 4.39 Å². The van der Waals surface area contributed by atoms with E-state index in [-0.39, 0.29) is 30.4 Å². The van der Waals surface area contributed by atoms with E-state index < -0.39 is 51.5 Å². The first-order valence-corrected chi connectivity index (χ1v) is 11.9. The summed E-state index contributed by atoms with van der Waals surface area (Å²) in [5.74, 6) is -3.49. The molecule has 0 aromatic heterocycles. The van der Waals surface area contributed by atoms with Crippen LogP contribution in [0, 0.1) is 28.6 Å². The Morgan fingerprint density at radius 3 is 2.56 bits per heavy atom. The molecular formula is C25H30ClFO5. The first-order chi connectivity index (χ1) is 14.9. The van der Waals surface area contributed by atoms with E-state index in [1.54, 1.807) is 26.8 Å². The van der Waals surface area contributed by atoms with Crippen LogP contribution in [0.3, 0.4) is 0 Å². The largest absolute Gasteiger partial charge is 0.450 e. The van der Waals surface area contributed by atoms with E-state index in [1.165, 1.54) is 12.2 Å². The summed E-state index contributed by atoms with van der Waals surface area (Å²) < 4.78 is 23.0. The summed E-state index contributed by atoms with van der Waals surface area (Å²) in [5.41, 5.74) is -5.35. The van der Waals surface area contributed by atoms with Gasteiger partial charge in [-0.15, -0.1) is 11.6 Å². The molecule has 4 aliphatic rings. The summed E-state index contributed by atoms with van der Waals surface area (Å²) >= 11 is 5.99. The second-order valence-electron chi connectivity index (χ2n) is 10.3. The Balaban J connectivity index is 1.86. The highest BCUT2D eigenvalue weighted by atomic mass is 35.5. The first kappa shape index (κ1) is 23.3. The van der Waals surface area contributed by atoms with Crippen LogP contribution in [0.1, 0.15) is 59.8 Å². The maximum atomic E-state index is 17.1. The Morgan fingerprint density at radius 2 is 1.94 bits per heavy atom. The van der Waals surface area contributed by atoms with Gasteiger partial charge in [-0.25, -0.2) is 4.39 Å². The first-order valence-electron chi connectivity index (χ1n) is 11.4. The number of Topliss-reactive ketones (excluding diaryl/α,β-unsaturated/α-hetero) is 2. The fourth-order valence-corrected chi connectivity index (χ4v) is 7.68. The molecule has 7 atom stereocenters. The van der Waals surface area contributed by atoms with Crippen molar-refractivity contribution in [2.75, 3.05) is 5.88 Å². The standard InChI is InChI=1S/C25H30ClFO5/c1-5-21(31)32-25(20(30)13-26)14(2)10-18-17-7-6-15-11-16(28)8-9-22(15,3)24(17,27)19(29)12-23(18,25)4/h8-9,11,14,17-18H,5-7,10,12-13H2,1-4H3/t14-,17-,18-,22-,23-,24-,25-/m0/s1. The van der Waals surface area contributed by atoms with Crippen molar-refractivity contribution in [1.82, 2.24) is 0 Å². The number of carbonyl (C=O) groups is 4. The van der Waals surface area contributed by atoms with E-state index in [0.717, 1.165) is 0 Å². The third-order valence-corrected chi connectivity index (χ3v) is 9.29. The minimum absolute atomic E-state index is 0.0836. The fraction of sp³-hybridized carbons (Fsp3) is 0.680. The quantitative estimate of drug-likeness (QED) is 0.457. The molecule has 0 aliphatic heterocycles. The molecule has 0 amide bonds. The number of esters is 1. The topological polar surface area (TPSA) is 77.5 Å². The van der Waals surface area contributed by atoms with Crippen LogP contribution in [0.2, 0.25) is 0 Å². The molecule has 32 heavy (non-hydrogen) atoms. The van der Waals surface area contributed by atoms with E-state index in [1.807, 2.05) is 6.92 Å². The Bertz CT molecular complexity index is 971. The smallest absolute Gasteiger partial charge is 0.306 e. The van der Waals surface area contributed by atoms with E-state index >= 15 is 4.39 Å². The molecular weight excluding hydrogens is 435 g/mol. The molecule has 7 heteroatoms. The lowest BCUT2D eigenvalue weighted by atomic mass is 9.45. The summed E-state index contributed by atoms with van der Waals surface area (Å²) in [4.78, 5) is 51.3. The van der Waals surface area contributed by atoms with Gasteiger partial charge in [-0.05, 0) is 44.3 Å². The molecule has 3 fully saturated rings. The Labute approximate surface area is 192 Å². The van der Waals surface area contributed by atoms with Gasteiger partial charge < -0.3 is 4.74 Å². The van der Waals surface area contributed by atoms with Crippen molar-refractivity contribution in [2.24, 2.45) is 28.6 Å². The predicted octanol–water partition coefficient (Wildman–Crippen LogP) is 4.31. The van der Waals surface area contributed by atoms with Gasteiger partial charge in [0.25, 0.3) is 0 Å². The van der Waals surface area contributed by atoms with Crippen molar-refractivity contribution in [3.63, 3.8) is 0 Å². The number of ether oxygens (including phenoxy) is 1. The van der Waals surface area contributed by atoms with Gasteiger partial charge in [-0.1, -0.05) is 32.4 Å². The maximum absolute atomic E-state index is 17.1. The summed E-state index contributed by atoms with van der Waals surface area (Å²) in [6.07, 6.45) is 5.56. The van der Waals surface area contributed by atoms with Crippen molar-refractivity contribution in [3.05, 3.63) is 23.8 Å². The van der Waals surface area contributed by atoms with Crippen LogP contribution < -0.4 is 0 Å². The third kappa shape index (κ3) is 2.62. The minimum atomic E-state index is -2.19. The Kier molecular flexibility index (Phi) is 5.36. The molecule has 0 heterocycles. The molecule has 0 bridgehead atoms. The molecule has 0 N–H and O–H groups in total. The number of carbonyl (C=O) groups excluding carboxylic acids is 4. The molecule has 0 spiro atoms. The van der Waals surface area contributed by atoms with E-state index in [0.29, 0.717) is 24.8 Å². The van der Waals surface area contributed by atoms with Gasteiger partial charge in [0.05, 0.1) is 5.88 Å². The van der Waals surface area contributed by atoms with Gasteiger partial charge in [-0.2, -0.15) is 0 Å². The number of halogens is 2. The minimum Gasteiger partial charge on any atom is -0.450 e. The summed E-state index contributed by atoms with van der Waals surface area (Å²) in [6.45, 7) is 6.96. The lowest BCUT2D eigenvalue weighted by Crippen LogP contribution is -2.68. The molecule has 4 rings (SSSR count). The van der Waals surface area contributed by atoms with Gasteiger partial charge in [-0.3, -0.25) is 19.2 Å². The van der Waals surface area contributed by atoms with Gasteiger partial charge >= 0.3 is 5.97 Å². The second kappa shape index (κ2) is 7.34. The van der Waals surface area contributed by atoms with E-state index in [4.69, 9.17) is 16.3 Å². The molecule has 5 nitrogen and oxygen atoms in total. The lowest BCUT2D eigenvalue weighted by Gasteiger charge is -2.59. The SMILES string of the molecule is CCC(=O)O[C@]1(C(=O)CCl)[C@@H](C)C[C@H]2[C@@H]3CCC4=CC(=O)C=C[C@]4(C)[C@@]3(F)C(=O)C[C@@]21C. The van der Waals surface area contributed by atoms with Crippen molar-refractivity contribution >= 4 is 34.9 Å². The molecule has 0 aromatic rings. The van der Waals surface area contributed by atoms with Crippen LogP contribution in [0.25, 0.3) is 0 Å². The van der Waals surface area contributed by atoms with Gasteiger partial charge in [0.15, 0.2) is 28.6 Å². The zero-order valence-electron chi connectivity index (χ0n) is 19.0. The molecule has 0 unspecified atom stereocenters.